The molecule has 138 valence electrons. The van der Waals surface area contributed by atoms with Gasteiger partial charge in [0, 0.05) is 37.1 Å². The Hall–Kier alpha value is -1.15. The fourth-order valence-electron chi connectivity index (χ4n) is 3.44. The molecule has 3 rings (SSSR count). The molecule has 0 aliphatic carbocycles. The highest BCUT2D eigenvalue weighted by molar-refractivity contribution is 7.89. The number of amides is 1. The molecule has 0 atom stereocenters. The van der Waals surface area contributed by atoms with Crippen molar-refractivity contribution < 1.29 is 18.3 Å². The topological polar surface area (TPSA) is 77.9 Å². The Morgan fingerprint density at radius 1 is 1.00 bits per heavy atom. The minimum atomic E-state index is -3.54. The van der Waals surface area contributed by atoms with Crippen LogP contribution in [0.3, 0.4) is 0 Å². The number of piperidine rings is 2. The van der Waals surface area contributed by atoms with E-state index in [0.717, 1.165) is 0 Å². The van der Waals surface area contributed by atoms with Crippen LogP contribution in [0.4, 0.5) is 0 Å². The highest BCUT2D eigenvalue weighted by Gasteiger charge is 2.34. The molecule has 1 N–H and O–H groups in total. The highest BCUT2D eigenvalue weighted by Crippen LogP contribution is 2.26. The minimum Gasteiger partial charge on any atom is -0.393 e. The normalized spacial score (nSPS) is 21.4. The van der Waals surface area contributed by atoms with Crippen LogP contribution in [-0.2, 0) is 14.8 Å². The van der Waals surface area contributed by atoms with Crippen molar-refractivity contribution in [2.45, 2.75) is 36.7 Å². The van der Waals surface area contributed by atoms with E-state index in [9.17, 15) is 18.3 Å². The summed E-state index contributed by atoms with van der Waals surface area (Å²) in [6, 6.07) is 6.15. The molecule has 8 heteroatoms. The zero-order valence-corrected chi connectivity index (χ0v) is 15.5. The molecule has 0 aromatic heterocycles. The standard InChI is InChI=1S/C17H23ClN2O4S/c18-14-1-3-16(4-2-14)25(23,24)20-11-5-13(6-12-20)17(22)19-9-7-15(21)8-10-19/h1-4,13,15,21H,5-12H2. The van der Waals surface area contributed by atoms with E-state index in [4.69, 9.17) is 11.6 Å². The van der Waals surface area contributed by atoms with Crippen LogP contribution in [0, 0.1) is 5.92 Å². The maximum Gasteiger partial charge on any atom is 0.243 e. The van der Waals surface area contributed by atoms with E-state index in [1.165, 1.54) is 16.4 Å². The van der Waals surface area contributed by atoms with Gasteiger partial charge < -0.3 is 10.0 Å². The molecule has 2 heterocycles. The summed E-state index contributed by atoms with van der Waals surface area (Å²) < 4.78 is 26.8. The van der Waals surface area contributed by atoms with Crippen molar-refractivity contribution in [3.05, 3.63) is 29.3 Å². The van der Waals surface area contributed by atoms with Crippen molar-refractivity contribution in [3.63, 3.8) is 0 Å². The number of carbonyl (C=O) groups is 1. The lowest BCUT2D eigenvalue weighted by Gasteiger charge is -2.36. The summed E-state index contributed by atoms with van der Waals surface area (Å²) in [7, 11) is -3.54. The quantitative estimate of drug-likeness (QED) is 0.858. The fraction of sp³-hybridized carbons (Fsp3) is 0.588. The van der Waals surface area contributed by atoms with Crippen LogP contribution in [0.15, 0.2) is 29.2 Å². The lowest BCUT2D eigenvalue weighted by molar-refractivity contribution is -0.138. The molecule has 0 saturated carbocycles. The van der Waals surface area contributed by atoms with Crippen molar-refractivity contribution in [1.29, 1.82) is 0 Å². The molecule has 2 aliphatic rings. The summed E-state index contributed by atoms with van der Waals surface area (Å²) in [6.07, 6.45) is 2.00. The molecule has 1 amide bonds. The van der Waals surface area contributed by atoms with E-state index in [1.807, 2.05) is 0 Å². The van der Waals surface area contributed by atoms with E-state index >= 15 is 0 Å². The smallest absolute Gasteiger partial charge is 0.243 e. The molecule has 0 spiro atoms. The molecule has 0 radical (unpaired) electrons. The summed E-state index contributed by atoms with van der Waals surface area (Å²) in [6.45, 7) is 1.86. The van der Waals surface area contributed by atoms with E-state index in [0.29, 0.717) is 56.9 Å². The molecule has 0 bridgehead atoms. The molecule has 6 nitrogen and oxygen atoms in total. The fourth-order valence-corrected chi connectivity index (χ4v) is 5.04. The van der Waals surface area contributed by atoms with Gasteiger partial charge in [-0.1, -0.05) is 11.6 Å². The van der Waals surface area contributed by atoms with Gasteiger partial charge >= 0.3 is 0 Å². The van der Waals surface area contributed by atoms with E-state index in [-0.39, 0.29) is 22.8 Å². The third-order valence-electron chi connectivity index (χ3n) is 5.03. The van der Waals surface area contributed by atoms with Crippen molar-refractivity contribution in [2.24, 2.45) is 5.92 Å². The summed E-state index contributed by atoms with van der Waals surface area (Å²) in [5.41, 5.74) is 0. The number of halogens is 1. The van der Waals surface area contributed by atoms with Crippen molar-refractivity contribution in [1.82, 2.24) is 9.21 Å². The van der Waals surface area contributed by atoms with Crippen molar-refractivity contribution >= 4 is 27.5 Å². The SMILES string of the molecule is O=C(C1CCN(S(=O)(=O)c2ccc(Cl)cc2)CC1)N1CCC(O)CC1. The molecule has 0 unspecified atom stereocenters. The van der Waals surface area contributed by atoms with Gasteiger partial charge in [0.05, 0.1) is 11.0 Å². The van der Waals surface area contributed by atoms with Crippen LogP contribution < -0.4 is 0 Å². The Morgan fingerprint density at radius 3 is 2.12 bits per heavy atom. The maximum atomic E-state index is 12.7. The largest absolute Gasteiger partial charge is 0.393 e. The van der Waals surface area contributed by atoms with Gasteiger partial charge in [-0.2, -0.15) is 4.31 Å². The molecule has 25 heavy (non-hydrogen) atoms. The Bertz CT molecular complexity index is 707. The predicted octanol–water partition coefficient (Wildman–Crippen LogP) is 1.72. The summed E-state index contributed by atoms with van der Waals surface area (Å²) in [5.74, 6) is -0.0395. The molecule has 2 fully saturated rings. The van der Waals surface area contributed by atoms with Gasteiger partial charge in [0.2, 0.25) is 15.9 Å². The van der Waals surface area contributed by atoms with Crippen LogP contribution in [-0.4, -0.2) is 60.9 Å². The lowest BCUT2D eigenvalue weighted by Crippen LogP contribution is -2.47. The second kappa shape index (κ2) is 7.61. The Balaban J connectivity index is 1.59. The first-order chi connectivity index (χ1) is 11.9. The molecular formula is C17H23ClN2O4S. The number of aliphatic hydroxyl groups is 1. The van der Waals surface area contributed by atoms with Crippen LogP contribution in [0.1, 0.15) is 25.7 Å². The number of sulfonamides is 1. The van der Waals surface area contributed by atoms with E-state index in [1.54, 1.807) is 17.0 Å². The zero-order chi connectivity index (χ0) is 18.0. The van der Waals surface area contributed by atoms with Gasteiger partial charge in [0.1, 0.15) is 0 Å². The van der Waals surface area contributed by atoms with E-state index in [2.05, 4.69) is 0 Å². The van der Waals surface area contributed by atoms with Crippen LogP contribution in [0.2, 0.25) is 5.02 Å². The second-order valence-electron chi connectivity index (χ2n) is 6.69. The summed E-state index contributed by atoms with van der Waals surface area (Å²) in [4.78, 5) is 14.6. The van der Waals surface area contributed by atoms with Gasteiger partial charge in [-0.05, 0) is 49.9 Å². The minimum absolute atomic E-state index is 0.0930. The number of hydrogen-bond donors (Lipinski definition) is 1. The Labute approximate surface area is 153 Å². The number of rotatable bonds is 3. The first-order valence-electron chi connectivity index (χ1n) is 8.60. The average Bonchev–Trinajstić information content (AvgIpc) is 2.62. The van der Waals surface area contributed by atoms with E-state index < -0.39 is 10.0 Å². The van der Waals surface area contributed by atoms with Gasteiger partial charge in [0.25, 0.3) is 0 Å². The Morgan fingerprint density at radius 2 is 1.56 bits per heavy atom. The predicted molar refractivity (Wildman–Crippen MR) is 94.8 cm³/mol. The van der Waals surface area contributed by atoms with Gasteiger partial charge in [-0.25, -0.2) is 8.42 Å². The van der Waals surface area contributed by atoms with Crippen LogP contribution in [0.5, 0.6) is 0 Å². The Kier molecular flexibility index (Phi) is 5.68. The molecule has 1 aromatic carbocycles. The monoisotopic (exact) mass is 386 g/mol. The number of hydrogen-bond acceptors (Lipinski definition) is 4. The first kappa shape index (κ1) is 18.6. The number of carbonyl (C=O) groups excluding carboxylic acids is 1. The lowest BCUT2D eigenvalue weighted by atomic mass is 9.95. The van der Waals surface area contributed by atoms with Gasteiger partial charge in [-0.15, -0.1) is 0 Å². The van der Waals surface area contributed by atoms with Crippen molar-refractivity contribution in [2.75, 3.05) is 26.2 Å². The first-order valence-corrected chi connectivity index (χ1v) is 10.4. The number of benzene rings is 1. The third kappa shape index (κ3) is 4.16. The van der Waals surface area contributed by atoms with Gasteiger partial charge in [-0.3, -0.25) is 4.79 Å². The van der Waals surface area contributed by atoms with Crippen LogP contribution >= 0.6 is 11.6 Å². The third-order valence-corrected chi connectivity index (χ3v) is 7.20. The summed E-state index contributed by atoms with van der Waals surface area (Å²) in [5, 5.41) is 10.0. The molecule has 1 aromatic rings. The summed E-state index contributed by atoms with van der Waals surface area (Å²) >= 11 is 5.82. The average molecular weight is 387 g/mol. The maximum absolute atomic E-state index is 12.7. The molecule has 2 aliphatic heterocycles. The number of nitrogens with zero attached hydrogens (tertiary/aromatic N) is 2. The molecule has 2 saturated heterocycles. The highest BCUT2D eigenvalue weighted by atomic mass is 35.5. The number of aliphatic hydroxyl groups excluding tert-OH is 1. The van der Waals surface area contributed by atoms with Crippen LogP contribution in [0.25, 0.3) is 0 Å². The zero-order valence-electron chi connectivity index (χ0n) is 14.0. The van der Waals surface area contributed by atoms with Crippen molar-refractivity contribution in [3.8, 4) is 0 Å². The van der Waals surface area contributed by atoms with Gasteiger partial charge in [0.15, 0.2) is 0 Å². The second-order valence-corrected chi connectivity index (χ2v) is 9.06. The number of likely N-dealkylation sites (tertiary alicyclic amines) is 1. The molecular weight excluding hydrogens is 364 g/mol.